The number of amides is 3. The van der Waals surface area contributed by atoms with Crippen molar-refractivity contribution < 1.29 is 61.4 Å². The molecular formula is C38H49Cl2N14O14PS. The van der Waals surface area contributed by atoms with Crippen LogP contribution in [0.2, 0.25) is 10.3 Å². The van der Waals surface area contributed by atoms with Crippen LogP contribution in [0.25, 0.3) is 0 Å². The van der Waals surface area contributed by atoms with Crippen molar-refractivity contribution in [3.05, 3.63) is 92.8 Å². The van der Waals surface area contributed by atoms with E-state index in [0.717, 1.165) is 6.54 Å². The van der Waals surface area contributed by atoms with E-state index in [-0.39, 0.29) is 56.7 Å². The molecule has 0 radical (unpaired) electrons. The third kappa shape index (κ3) is 20.9. The summed E-state index contributed by atoms with van der Waals surface area (Å²) in [4.78, 5) is 85.1. The van der Waals surface area contributed by atoms with Gasteiger partial charge in [0.05, 0.1) is 43.6 Å². The number of pyridine rings is 1. The maximum Gasteiger partial charge on any atom is 0.339 e. The van der Waals surface area contributed by atoms with Crippen LogP contribution in [0.4, 0.5) is 34.0 Å². The minimum atomic E-state index is -4.46. The number of carboxylic acids is 1. The number of nitro benzene ring substituents is 1. The largest absolute Gasteiger partial charge is 0.481 e. The number of aliphatic carboxylic acids is 1. The number of nitrogens with one attached hydrogen (secondary N) is 5. The lowest BCUT2D eigenvalue weighted by atomic mass is 10.2. The molecule has 5 rings (SSSR count). The van der Waals surface area contributed by atoms with Gasteiger partial charge in [-0.1, -0.05) is 29.8 Å². The minimum Gasteiger partial charge on any atom is -0.481 e. The average molecular weight is 1060 g/mol. The first-order chi connectivity index (χ1) is 32.8. The maximum absolute atomic E-state index is 12.5. The van der Waals surface area contributed by atoms with Crippen LogP contribution in [0.5, 0.6) is 23.3 Å². The van der Waals surface area contributed by atoms with Crippen molar-refractivity contribution in [2.24, 2.45) is 0 Å². The lowest BCUT2D eigenvalue weighted by molar-refractivity contribution is -0.383. The van der Waals surface area contributed by atoms with E-state index in [9.17, 15) is 37.5 Å². The number of hydrogen-bond acceptors (Lipinski definition) is 21. The smallest absolute Gasteiger partial charge is 0.339 e. The number of sulfonamides is 1. The van der Waals surface area contributed by atoms with Gasteiger partial charge in [0.25, 0.3) is 21.6 Å². The lowest BCUT2D eigenvalue weighted by Crippen LogP contribution is -2.36. The summed E-state index contributed by atoms with van der Waals surface area (Å²) in [5.41, 5.74) is 5.06. The number of urea groups is 1. The standard InChI is InChI=1S/C15H18N6O6S.C12H9ClN2O3.C8H14ClN5.C3H8NO5P/c1-21(2)13(22)9-6-5-7-16-12(9)28(24,25)20-15(23)19-14-17-10(26-3)8-11(18-14)27-4;13-11-10(18-8-4-2-1-3-5-8)7-6-9(12(11)14)15(16)17;1-4-10-7-12-6(9)13-8(14-7)11-5(2)3;5-3(6)1-4-2-10(7,8)9/h5-8H,1-4H3,(H2,17,18,19,20,23);1-7H,14H2;5H,4H2,1-3H3,(H2,10,11,12,13,14);4H,1-2H2,(H,5,6)(H2,7,8,9). The van der Waals surface area contributed by atoms with E-state index >= 15 is 0 Å². The molecule has 0 aliphatic carbocycles. The Morgan fingerprint density at radius 1 is 0.929 bits per heavy atom. The average Bonchev–Trinajstić information content (AvgIpc) is 3.27. The number of carbonyl (C=O) groups excluding carboxylic acids is 2. The number of nitrogens with two attached hydrogens (primary N) is 1. The van der Waals surface area contributed by atoms with E-state index < -0.39 is 58.3 Å². The highest BCUT2D eigenvalue weighted by Crippen LogP contribution is 2.39. The highest BCUT2D eigenvalue weighted by molar-refractivity contribution is 7.90. The predicted octanol–water partition coefficient (Wildman–Crippen LogP) is 4.30. The third-order valence-corrected chi connectivity index (χ3v) is 9.94. The third-order valence-electron chi connectivity index (χ3n) is 7.46. The number of halogens is 2. The van der Waals surface area contributed by atoms with Gasteiger partial charge in [-0.3, -0.25) is 34.9 Å². The Labute approximate surface area is 410 Å². The van der Waals surface area contributed by atoms with E-state index in [2.05, 4.69) is 51.2 Å². The molecule has 3 heterocycles. The van der Waals surface area contributed by atoms with E-state index in [1.165, 1.54) is 69.7 Å². The minimum absolute atomic E-state index is 0.0352. The lowest BCUT2D eigenvalue weighted by Gasteiger charge is -2.14. The van der Waals surface area contributed by atoms with E-state index in [1.807, 2.05) is 26.8 Å². The summed E-state index contributed by atoms with van der Waals surface area (Å²) in [5, 5.41) is 28.6. The molecule has 0 spiro atoms. The molecule has 70 heavy (non-hydrogen) atoms. The number of carbonyl (C=O) groups is 3. The Kier molecular flexibility index (Phi) is 23.8. The first-order valence-corrected chi connectivity index (χ1v) is 23.7. The molecule has 32 heteroatoms. The summed E-state index contributed by atoms with van der Waals surface area (Å²) >= 11 is 11.7. The predicted molar refractivity (Wildman–Crippen MR) is 256 cm³/mol. The molecule has 28 nitrogen and oxygen atoms in total. The molecule has 3 amide bonds. The normalized spacial score (nSPS) is 10.6. The highest BCUT2D eigenvalue weighted by atomic mass is 35.5. The SMILES string of the molecule is CCNc1nc(Cl)nc(NC(C)C)n1.COc1cc(OC)nc(NC(=O)NS(=O)(=O)c2ncccc2C(=O)N(C)C)n1.Nc1c([N+](=O)[O-])ccc(Oc2ccccc2)c1Cl.O=C(O)CNCP(=O)(O)O. The van der Waals surface area contributed by atoms with Gasteiger partial charge in [-0.25, -0.2) is 14.5 Å². The number of benzene rings is 2. The van der Waals surface area contributed by atoms with Gasteiger partial charge in [-0.05, 0) is 62.7 Å². The second-order valence-corrected chi connectivity index (χ2v) is 17.6. The fourth-order valence-corrected chi connectivity index (χ4v) is 6.41. The number of nitro groups is 1. The fourth-order valence-electron chi connectivity index (χ4n) is 4.61. The van der Waals surface area contributed by atoms with Gasteiger partial charge in [0.2, 0.25) is 34.9 Å². The van der Waals surface area contributed by atoms with Crippen molar-refractivity contribution >= 4 is 87.9 Å². The second kappa shape index (κ2) is 28.3. The van der Waals surface area contributed by atoms with Crippen LogP contribution < -0.4 is 45.9 Å². The molecule has 0 aliphatic heterocycles. The Bertz CT molecular complexity index is 2700. The topological polar surface area (TPSA) is 401 Å². The maximum atomic E-state index is 12.5. The molecule has 0 saturated heterocycles. The molecule has 0 aliphatic rings. The molecule has 3 aromatic heterocycles. The zero-order valence-corrected chi connectivity index (χ0v) is 41.4. The molecule has 10 N–H and O–H groups in total. The first-order valence-electron chi connectivity index (χ1n) is 19.6. The highest BCUT2D eigenvalue weighted by Gasteiger charge is 2.27. The summed E-state index contributed by atoms with van der Waals surface area (Å²) in [6, 6.07) is 14.8. The van der Waals surface area contributed by atoms with Crippen LogP contribution in [-0.4, -0.2) is 135 Å². The van der Waals surface area contributed by atoms with Gasteiger partial charge in [0.15, 0.2) is 5.03 Å². The molecule has 0 unspecified atom stereocenters. The number of hydrogen-bond donors (Lipinski definition) is 9. The van der Waals surface area contributed by atoms with E-state index in [4.69, 9.17) is 58.0 Å². The molecule has 380 valence electrons. The van der Waals surface area contributed by atoms with Crippen molar-refractivity contribution in [3.63, 3.8) is 0 Å². The van der Waals surface area contributed by atoms with Gasteiger partial charge in [0.1, 0.15) is 22.2 Å². The van der Waals surface area contributed by atoms with Crippen LogP contribution in [0.15, 0.2) is 71.9 Å². The van der Waals surface area contributed by atoms with Gasteiger partial charge in [-0.2, -0.15) is 33.3 Å². The van der Waals surface area contributed by atoms with Crippen LogP contribution in [0.1, 0.15) is 31.1 Å². The molecule has 2 aromatic carbocycles. The van der Waals surface area contributed by atoms with Crippen molar-refractivity contribution in [2.45, 2.75) is 31.8 Å². The Morgan fingerprint density at radius 2 is 1.54 bits per heavy atom. The Hall–Kier alpha value is -7.27. The van der Waals surface area contributed by atoms with Crippen molar-refractivity contribution in [1.29, 1.82) is 0 Å². The number of aromatic nitrogens is 6. The van der Waals surface area contributed by atoms with Gasteiger partial charge in [-0.15, -0.1) is 0 Å². The van der Waals surface area contributed by atoms with Crippen molar-refractivity contribution in [3.8, 4) is 23.3 Å². The number of rotatable bonds is 17. The van der Waals surface area contributed by atoms with Gasteiger partial charge < -0.3 is 50.4 Å². The summed E-state index contributed by atoms with van der Waals surface area (Å²) in [5.74, 6) is 0.0464. The number of anilines is 4. The first kappa shape index (κ1) is 58.9. The second-order valence-electron chi connectivity index (χ2n) is 13.6. The molecule has 0 bridgehead atoms. The molecule has 0 atom stereocenters. The summed E-state index contributed by atoms with van der Waals surface area (Å²) in [6.07, 6.45) is 0.592. The number of para-hydroxylation sites is 1. The van der Waals surface area contributed by atoms with Crippen LogP contribution in [-0.2, 0) is 19.4 Å². The van der Waals surface area contributed by atoms with E-state index in [0.29, 0.717) is 17.6 Å². The summed E-state index contributed by atoms with van der Waals surface area (Å²) in [7, 11) is -2.94. The molecule has 5 aromatic rings. The number of nitrogens with zero attached hydrogens (tertiary/aromatic N) is 8. The monoisotopic (exact) mass is 1060 g/mol. The molecular weight excluding hydrogens is 1010 g/mol. The number of ether oxygens (including phenoxy) is 3. The Balaban J connectivity index is 0.000000345. The summed E-state index contributed by atoms with van der Waals surface area (Å²) in [6.45, 7) is 6.29. The van der Waals surface area contributed by atoms with Crippen LogP contribution >= 0.6 is 30.8 Å². The number of carboxylic acid groups (broad SMARTS) is 1. The number of methoxy groups -OCH3 is 2. The molecule has 0 saturated carbocycles. The van der Waals surface area contributed by atoms with Gasteiger partial charge in [0, 0.05) is 38.9 Å². The van der Waals surface area contributed by atoms with Crippen molar-refractivity contribution in [2.75, 3.05) is 69.4 Å². The fraction of sp³-hybridized carbons (Fsp3) is 0.289. The van der Waals surface area contributed by atoms with Crippen molar-refractivity contribution in [1.82, 2.24) is 44.8 Å². The van der Waals surface area contributed by atoms with E-state index in [1.54, 1.807) is 29.0 Å². The molecule has 0 fully saturated rings. The van der Waals surface area contributed by atoms with Crippen LogP contribution in [0, 0.1) is 10.1 Å². The van der Waals surface area contributed by atoms with Crippen LogP contribution in [0.3, 0.4) is 0 Å². The number of nitrogen functional groups attached to an aromatic ring is 1. The Morgan fingerprint density at radius 3 is 2.07 bits per heavy atom. The zero-order valence-electron chi connectivity index (χ0n) is 38.1. The quantitative estimate of drug-likeness (QED) is 0.0271. The zero-order chi connectivity index (χ0) is 52.8. The summed E-state index contributed by atoms with van der Waals surface area (Å²) < 4.78 is 52.2. The van der Waals surface area contributed by atoms with Gasteiger partial charge >= 0.3 is 19.6 Å².